The van der Waals surface area contributed by atoms with Gasteiger partial charge in [-0.1, -0.05) is 0 Å². The summed E-state index contributed by atoms with van der Waals surface area (Å²) in [4.78, 5) is 13.6. The summed E-state index contributed by atoms with van der Waals surface area (Å²) in [6.45, 7) is 0.324. The Morgan fingerprint density at radius 1 is 2.00 bits per heavy atom. The Kier molecular flexibility index (Phi) is 0.919. The standard InChI is InChI=1S/C3H2NOS/c5-3-1-4-2-6-3/h1H2. The minimum Gasteiger partial charge on any atom is -0.285 e. The van der Waals surface area contributed by atoms with Gasteiger partial charge < -0.3 is 0 Å². The Labute approximate surface area is 39.6 Å². The Morgan fingerprint density at radius 3 is 3.00 bits per heavy atom. The second-order valence-electron chi connectivity index (χ2n) is 0.882. The number of carbonyl (C=O) groups excluding carboxylic acids is 1. The Bertz CT molecular complexity index is 89.0. The van der Waals surface area contributed by atoms with E-state index in [-0.39, 0.29) is 5.12 Å². The summed E-state index contributed by atoms with van der Waals surface area (Å²) in [5.41, 5.74) is 2.46. The molecule has 0 N–H and O–H groups in total. The molecule has 0 saturated carbocycles. The van der Waals surface area contributed by atoms with Crippen molar-refractivity contribution < 1.29 is 4.79 Å². The molecule has 1 aliphatic rings. The number of aliphatic imine (C=N–C) groups is 1. The highest BCUT2D eigenvalue weighted by atomic mass is 32.2. The second kappa shape index (κ2) is 1.43. The van der Waals surface area contributed by atoms with Crippen LogP contribution in [0.15, 0.2) is 4.99 Å². The number of hydrogen-bond acceptors (Lipinski definition) is 3. The highest BCUT2D eigenvalue weighted by molar-refractivity contribution is 8.25. The molecule has 0 saturated heterocycles. The van der Waals surface area contributed by atoms with Crippen LogP contribution < -0.4 is 0 Å². The molecular formula is C3H2NOS. The summed E-state index contributed by atoms with van der Waals surface area (Å²) in [7, 11) is 0. The molecule has 31 valence electrons. The summed E-state index contributed by atoms with van der Waals surface area (Å²) in [5, 5.41) is 0.0926. The van der Waals surface area contributed by atoms with Gasteiger partial charge in [-0.2, -0.15) is 0 Å². The van der Waals surface area contributed by atoms with Gasteiger partial charge in [-0.05, 0) is 11.8 Å². The highest BCUT2D eigenvalue weighted by Crippen LogP contribution is 2.03. The first-order valence-electron chi connectivity index (χ1n) is 1.51. The minimum atomic E-state index is 0.0926. The molecule has 1 rings (SSSR count). The molecule has 2 nitrogen and oxygen atoms in total. The number of rotatable bonds is 0. The second-order valence-corrected chi connectivity index (χ2v) is 1.72. The lowest BCUT2D eigenvalue weighted by molar-refractivity contribution is -0.109. The molecule has 3 heteroatoms. The number of thioether (sulfide) groups is 1. The molecule has 0 aromatic carbocycles. The van der Waals surface area contributed by atoms with Crippen molar-refractivity contribution in [3.8, 4) is 0 Å². The zero-order valence-electron chi connectivity index (χ0n) is 2.97. The van der Waals surface area contributed by atoms with Crippen molar-refractivity contribution in [3.63, 3.8) is 0 Å². The Morgan fingerprint density at radius 2 is 2.83 bits per heavy atom. The quantitative estimate of drug-likeness (QED) is 0.434. The molecule has 0 unspecified atom stereocenters. The molecule has 0 aliphatic carbocycles. The molecule has 1 aliphatic heterocycles. The molecule has 1 heterocycles. The first-order valence-corrected chi connectivity index (χ1v) is 2.32. The summed E-state index contributed by atoms with van der Waals surface area (Å²) < 4.78 is 0. The van der Waals surface area contributed by atoms with E-state index in [9.17, 15) is 4.79 Å². The molecule has 1 radical (unpaired) electrons. The summed E-state index contributed by atoms with van der Waals surface area (Å²) in [6.07, 6.45) is 0. The van der Waals surface area contributed by atoms with Crippen molar-refractivity contribution in [1.82, 2.24) is 0 Å². The third-order valence-corrected chi connectivity index (χ3v) is 1.01. The monoisotopic (exact) mass is 100.0 g/mol. The lowest BCUT2D eigenvalue weighted by atomic mass is 10.8. The van der Waals surface area contributed by atoms with Crippen molar-refractivity contribution in [2.75, 3.05) is 6.54 Å². The predicted octanol–water partition coefficient (Wildman–Crippen LogP) is 0.165. The van der Waals surface area contributed by atoms with E-state index < -0.39 is 0 Å². The van der Waals surface area contributed by atoms with Crippen LogP contribution in [-0.2, 0) is 4.79 Å². The van der Waals surface area contributed by atoms with Gasteiger partial charge in [-0.3, -0.25) is 9.79 Å². The van der Waals surface area contributed by atoms with E-state index in [1.807, 2.05) is 0 Å². The summed E-state index contributed by atoms with van der Waals surface area (Å²) in [6, 6.07) is 0. The molecule has 0 bridgehead atoms. The Balaban J connectivity index is 2.52. The fourth-order valence-corrected chi connectivity index (χ4v) is 0.572. The molecule has 0 aromatic rings. The largest absolute Gasteiger partial charge is 0.285 e. The van der Waals surface area contributed by atoms with Gasteiger partial charge in [-0.15, -0.1) is 0 Å². The lowest BCUT2D eigenvalue weighted by Crippen LogP contribution is -1.85. The van der Waals surface area contributed by atoms with Gasteiger partial charge >= 0.3 is 0 Å². The molecule has 0 fully saturated rings. The van der Waals surface area contributed by atoms with Crippen molar-refractivity contribution in [1.29, 1.82) is 0 Å². The smallest absolute Gasteiger partial charge is 0.216 e. The first kappa shape index (κ1) is 3.87. The maximum absolute atomic E-state index is 10.0. The zero-order chi connectivity index (χ0) is 4.41. The summed E-state index contributed by atoms with van der Waals surface area (Å²) in [5.74, 6) is 0. The van der Waals surface area contributed by atoms with Crippen LogP contribution in [-0.4, -0.2) is 17.2 Å². The van der Waals surface area contributed by atoms with E-state index in [4.69, 9.17) is 0 Å². The van der Waals surface area contributed by atoms with Gasteiger partial charge in [0, 0.05) is 0 Å². The third-order valence-electron chi connectivity index (χ3n) is 0.432. The summed E-state index contributed by atoms with van der Waals surface area (Å²) >= 11 is 1.04. The fourth-order valence-electron chi connectivity index (χ4n) is 0.212. The van der Waals surface area contributed by atoms with Crippen molar-refractivity contribution in [2.45, 2.75) is 0 Å². The fraction of sp³-hybridized carbons (Fsp3) is 0.333. The Hall–Kier alpha value is -0.310. The van der Waals surface area contributed by atoms with Gasteiger partial charge in [0.2, 0.25) is 5.12 Å². The minimum absolute atomic E-state index is 0.0926. The van der Waals surface area contributed by atoms with Crippen molar-refractivity contribution in [3.05, 3.63) is 0 Å². The van der Waals surface area contributed by atoms with Gasteiger partial charge in [0.25, 0.3) is 0 Å². The van der Waals surface area contributed by atoms with E-state index in [1.165, 1.54) is 0 Å². The normalized spacial score (nSPS) is 19.7. The van der Waals surface area contributed by atoms with Crippen LogP contribution in [0.1, 0.15) is 0 Å². The first-order chi connectivity index (χ1) is 2.89. The van der Waals surface area contributed by atoms with Gasteiger partial charge in [0.15, 0.2) is 0 Å². The van der Waals surface area contributed by atoms with E-state index in [0.29, 0.717) is 6.54 Å². The number of carbonyl (C=O) groups is 1. The van der Waals surface area contributed by atoms with Crippen molar-refractivity contribution in [2.24, 2.45) is 4.99 Å². The molecule has 6 heavy (non-hydrogen) atoms. The number of hydrogen-bond donors (Lipinski definition) is 0. The van der Waals surface area contributed by atoms with Crippen LogP contribution in [0.2, 0.25) is 0 Å². The van der Waals surface area contributed by atoms with Crippen molar-refractivity contribution >= 4 is 22.4 Å². The van der Waals surface area contributed by atoms with E-state index in [1.54, 1.807) is 0 Å². The van der Waals surface area contributed by atoms with Gasteiger partial charge in [0.1, 0.15) is 12.1 Å². The molecule has 0 spiro atoms. The van der Waals surface area contributed by atoms with Crippen LogP contribution >= 0.6 is 11.8 Å². The SMILES string of the molecule is O=C1CN=[C]S1. The van der Waals surface area contributed by atoms with Crippen LogP contribution in [0.3, 0.4) is 0 Å². The van der Waals surface area contributed by atoms with Gasteiger partial charge in [0.05, 0.1) is 0 Å². The molecule has 0 amide bonds. The number of nitrogens with zero attached hydrogens (tertiary/aromatic N) is 1. The van der Waals surface area contributed by atoms with E-state index in [0.717, 1.165) is 11.8 Å². The van der Waals surface area contributed by atoms with Crippen LogP contribution in [0.5, 0.6) is 0 Å². The topological polar surface area (TPSA) is 29.4 Å². The maximum atomic E-state index is 10.0. The molecule has 0 atom stereocenters. The van der Waals surface area contributed by atoms with E-state index in [2.05, 4.69) is 10.5 Å². The lowest BCUT2D eigenvalue weighted by Gasteiger charge is -1.69. The van der Waals surface area contributed by atoms with Crippen LogP contribution in [0, 0.1) is 0 Å². The average molecular weight is 100 g/mol. The predicted molar refractivity (Wildman–Crippen MR) is 24.9 cm³/mol. The highest BCUT2D eigenvalue weighted by Gasteiger charge is 2.03. The molecular weight excluding hydrogens is 98.1 g/mol. The maximum Gasteiger partial charge on any atom is 0.216 e. The average Bonchev–Trinajstić information content (AvgIpc) is 1.86. The van der Waals surface area contributed by atoms with Gasteiger partial charge in [-0.25, -0.2) is 0 Å². The third kappa shape index (κ3) is 0.597. The van der Waals surface area contributed by atoms with Crippen LogP contribution in [0.25, 0.3) is 0 Å². The zero-order valence-corrected chi connectivity index (χ0v) is 3.79. The van der Waals surface area contributed by atoms with E-state index >= 15 is 0 Å². The van der Waals surface area contributed by atoms with Crippen LogP contribution in [0.4, 0.5) is 0 Å². The molecule has 0 aromatic heterocycles.